The number of amides is 1. The Kier molecular flexibility index (Phi) is 6.13. The van der Waals surface area contributed by atoms with E-state index in [1.165, 1.54) is 18.2 Å². The maximum absolute atomic E-state index is 12.9. The molecule has 0 aliphatic rings. The van der Waals surface area contributed by atoms with E-state index in [1.54, 1.807) is 36.4 Å². The molecule has 5 nitrogen and oxygen atoms in total. The summed E-state index contributed by atoms with van der Waals surface area (Å²) in [6.45, 7) is 2.50. The topological polar surface area (TPSA) is 85.3 Å². The van der Waals surface area contributed by atoms with E-state index in [9.17, 15) is 9.18 Å². The highest BCUT2D eigenvalue weighted by Crippen LogP contribution is 2.30. The molecule has 128 valence electrons. The first-order valence-corrected chi connectivity index (χ1v) is 7.59. The summed E-state index contributed by atoms with van der Waals surface area (Å²) in [5, 5.41) is 8.91. The van der Waals surface area contributed by atoms with Gasteiger partial charge in [0.05, 0.1) is 6.61 Å². The van der Waals surface area contributed by atoms with Crippen LogP contribution in [-0.2, 0) is 11.4 Å². The van der Waals surface area contributed by atoms with E-state index in [2.05, 4.69) is 0 Å². The summed E-state index contributed by atoms with van der Waals surface area (Å²) in [4.78, 5) is 11.1. The number of nitrogens with two attached hydrogens (primary N) is 1. The first-order chi connectivity index (χ1) is 12.0. The van der Waals surface area contributed by atoms with Crippen LogP contribution in [0.15, 0.2) is 48.0 Å². The maximum Gasteiger partial charge on any atom is 0.259 e. The van der Waals surface area contributed by atoms with Gasteiger partial charge in [-0.25, -0.2) is 4.39 Å². The predicted octanol–water partition coefficient (Wildman–Crippen LogP) is 3.20. The third-order valence-electron chi connectivity index (χ3n) is 3.27. The Morgan fingerprint density at radius 3 is 2.52 bits per heavy atom. The summed E-state index contributed by atoms with van der Waals surface area (Å²) < 4.78 is 24.2. The predicted molar refractivity (Wildman–Crippen MR) is 91.1 cm³/mol. The number of halogens is 1. The lowest BCUT2D eigenvalue weighted by molar-refractivity contribution is -0.114. The Morgan fingerprint density at radius 1 is 1.20 bits per heavy atom. The van der Waals surface area contributed by atoms with Gasteiger partial charge in [0.1, 0.15) is 24.1 Å². The summed E-state index contributed by atoms with van der Waals surface area (Å²) in [5.41, 5.74) is 6.39. The first kappa shape index (κ1) is 18.0. The third kappa shape index (κ3) is 5.08. The third-order valence-corrected chi connectivity index (χ3v) is 3.27. The van der Waals surface area contributed by atoms with Crippen LogP contribution in [0.2, 0.25) is 0 Å². The highest BCUT2D eigenvalue weighted by atomic mass is 19.1. The SMILES string of the molecule is CCOc1cc(/C=C(\C#N)C(N)=O)ccc1OCc1ccc(F)cc1. The van der Waals surface area contributed by atoms with Gasteiger partial charge in [-0.05, 0) is 48.4 Å². The van der Waals surface area contributed by atoms with Crippen LogP contribution in [0.3, 0.4) is 0 Å². The zero-order valence-corrected chi connectivity index (χ0v) is 13.7. The lowest BCUT2D eigenvalue weighted by Crippen LogP contribution is -2.12. The van der Waals surface area contributed by atoms with Crippen molar-refractivity contribution >= 4 is 12.0 Å². The second kappa shape index (κ2) is 8.50. The molecule has 0 unspecified atom stereocenters. The first-order valence-electron chi connectivity index (χ1n) is 7.59. The summed E-state index contributed by atoms with van der Waals surface area (Å²) in [5.74, 6) is -0.129. The fourth-order valence-electron chi connectivity index (χ4n) is 2.07. The van der Waals surface area contributed by atoms with E-state index in [0.29, 0.717) is 23.7 Å². The van der Waals surface area contributed by atoms with Crippen LogP contribution in [-0.4, -0.2) is 12.5 Å². The molecule has 0 heterocycles. The molecule has 0 aliphatic heterocycles. The molecule has 0 atom stereocenters. The molecule has 0 saturated carbocycles. The van der Waals surface area contributed by atoms with Gasteiger partial charge < -0.3 is 15.2 Å². The molecule has 0 fully saturated rings. The van der Waals surface area contributed by atoms with E-state index in [1.807, 2.05) is 6.92 Å². The number of rotatable bonds is 7. The van der Waals surface area contributed by atoms with Crippen molar-refractivity contribution in [2.75, 3.05) is 6.61 Å². The molecule has 1 amide bonds. The molecule has 2 aromatic carbocycles. The second-order valence-corrected chi connectivity index (χ2v) is 5.09. The van der Waals surface area contributed by atoms with Gasteiger partial charge in [-0.2, -0.15) is 5.26 Å². The number of ether oxygens (including phenoxy) is 2. The van der Waals surface area contributed by atoms with Crippen LogP contribution in [0.25, 0.3) is 6.08 Å². The van der Waals surface area contributed by atoms with Crippen LogP contribution in [0.4, 0.5) is 4.39 Å². The molecule has 0 spiro atoms. The van der Waals surface area contributed by atoms with Crippen molar-refractivity contribution in [1.29, 1.82) is 5.26 Å². The highest BCUT2D eigenvalue weighted by Gasteiger charge is 2.09. The standard InChI is InChI=1S/C19H17FN2O3/c1-2-24-18-10-14(9-15(11-21)19(22)23)5-8-17(18)25-12-13-3-6-16(20)7-4-13/h3-10H,2,12H2,1H3,(H2,22,23)/b15-9+. The number of nitriles is 1. The number of hydrogen-bond donors (Lipinski definition) is 1. The van der Waals surface area contributed by atoms with E-state index in [-0.39, 0.29) is 18.0 Å². The Bertz CT molecular complexity index is 824. The van der Waals surface area contributed by atoms with Crippen LogP contribution >= 0.6 is 0 Å². The van der Waals surface area contributed by atoms with Crippen molar-refractivity contribution < 1.29 is 18.7 Å². The van der Waals surface area contributed by atoms with Crippen molar-refractivity contribution in [1.82, 2.24) is 0 Å². The zero-order valence-electron chi connectivity index (χ0n) is 13.7. The van der Waals surface area contributed by atoms with Crippen molar-refractivity contribution in [3.8, 4) is 17.6 Å². The lowest BCUT2D eigenvalue weighted by atomic mass is 10.1. The van der Waals surface area contributed by atoms with Crippen LogP contribution in [0.5, 0.6) is 11.5 Å². The highest BCUT2D eigenvalue weighted by molar-refractivity contribution is 6.00. The van der Waals surface area contributed by atoms with Gasteiger partial charge in [-0.1, -0.05) is 18.2 Å². The Morgan fingerprint density at radius 2 is 1.92 bits per heavy atom. The number of carbonyl (C=O) groups excluding carboxylic acids is 1. The number of nitrogens with zero attached hydrogens (tertiary/aromatic N) is 1. The van der Waals surface area contributed by atoms with E-state index < -0.39 is 5.91 Å². The van der Waals surface area contributed by atoms with Crippen molar-refractivity contribution in [2.24, 2.45) is 5.73 Å². The van der Waals surface area contributed by atoms with Crippen molar-refractivity contribution in [3.05, 3.63) is 65.0 Å². The molecule has 0 radical (unpaired) electrons. The normalized spacial score (nSPS) is 10.8. The van der Waals surface area contributed by atoms with Crippen LogP contribution in [0, 0.1) is 17.1 Å². The smallest absolute Gasteiger partial charge is 0.259 e. The Balaban J connectivity index is 2.22. The largest absolute Gasteiger partial charge is 0.490 e. The molecular weight excluding hydrogens is 323 g/mol. The monoisotopic (exact) mass is 340 g/mol. The lowest BCUT2D eigenvalue weighted by Gasteiger charge is -2.13. The molecule has 6 heteroatoms. The maximum atomic E-state index is 12.9. The van der Waals surface area contributed by atoms with Gasteiger partial charge >= 0.3 is 0 Å². The average Bonchev–Trinajstić information content (AvgIpc) is 2.60. The minimum atomic E-state index is -0.794. The molecule has 0 bridgehead atoms. The van der Waals surface area contributed by atoms with E-state index in [4.69, 9.17) is 20.5 Å². The fraction of sp³-hybridized carbons (Fsp3) is 0.158. The molecule has 0 saturated heterocycles. The molecule has 25 heavy (non-hydrogen) atoms. The molecular formula is C19H17FN2O3. The van der Waals surface area contributed by atoms with E-state index in [0.717, 1.165) is 5.56 Å². The van der Waals surface area contributed by atoms with Gasteiger partial charge in [0.25, 0.3) is 5.91 Å². The van der Waals surface area contributed by atoms with E-state index >= 15 is 0 Å². The van der Waals surface area contributed by atoms with Crippen molar-refractivity contribution in [3.63, 3.8) is 0 Å². The molecule has 2 aromatic rings. The quantitative estimate of drug-likeness (QED) is 0.619. The summed E-state index contributed by atoms with van der Waals surface area (Å²) in [7, 11) is 0. The zero-order chi connectivity index (χ0) is 18.2. The van der Waals surface area contributed by atoms with Gasteiger partial charge in [0.2, 0.25) is 0 Å². The Labute approximate surface area is 145 Å². The summed E-state index contributed by atoms with van der Waals surface area (Å²) >= 11 is 0. The van der Waals surface area contributed by atoms with Gasteiger partial charge in [0, 0.05) is 0 Å². The Hall–Kier alpha value is -3.33. The number of primary amides is 1. The molecule has 2 N–H and O–H groups in total. The molecule has 0 aliphatic carbocycles. The number of benzene rings is 2. The van der Waals surface area contributed by atoms with Crippen LogP contribution in [0.1, 0.15) is 18.1 Å². The summed E-state index contributed by atoms with van der Waals surface area (Å²) in [6.07, 6.45) is 1.38. The van der Waals surface area contributed by atoms with Gasteiger partial charge in [-0.15, -0.1) is 0 Å². The van der Waals surface area contributed by atoms with Crippen LogP contribution < -0.4 is 15.2 Å². The minimum absolute atomic E-state index is 0.151. The second-order valence-electron chi connectivity index (χ2n) is 5.09. The number of hydrogen-bond acceptors (Lipinski definition) is 4. The summed E-state index contributed by atoms with van der Waals surface area (Å²) in [6, 6.07) is 12.8. The van der Waals surface area contributed by atoms with Gasteiger partial charge in [0.15, 0.2) is 11.5 Å². The number of carbonyl (C=O) groups is 1. The fourth-order valence-corrected chi connectivity index (χ4v) is 2.07. The van der Waals surface area contributed by atoms with Gasteiger partial charge in [-0.3, -0.25) is 4.79 Å². The minimum Gasteiger partial charge on any atom is -0.490 e. The molecule has 2 rings (SSSR count). The molecule has 0 aromatic heterocycles. The van der Waals surface area contributed by atoms with Crippen molar-refractivity contribution in [2.45, 2.75) is 13.5 Å². The average molecular weight is 340 g/mol.